The third-order valence-corrected chi connectivity index (χ3v) is 2.54. The van der Waals surface area contributed by atoms with Crippen LogP contribution in [0, 0.1) is 0 Å². The van der Waals surface area contributed by atoms with Gasteiger partial charge in [0.2, 0.25) is 0 Å². The van der Waals surface area contributed by atoms with Gasteiger partial charge in [-0.15, -0.1) is 11.3 Å². The molecule has 4 heteroatoms. The summed E-state index contributed by atoms with van der Waals surface area (Å²) in [6.45, 7) is 0. The fourth-order valence-corrected chi connectivity index (χ4v) is 1.62. The summed E-state index contributed by atoms with van der Waals surface area (Å²) < 4.78 is 0.723. The molecule has 1 aromatic heterocycles. The third-order valence-electron chi connectivity index (χ3n) is 0.866. The van der Waals surface area contributed by atoms with E-state index in [4.69, 9.17) is 28.9 Å². The molecule has 0 amide bonds. The maximum absolute atomic E-state index is 5.61. The Morgan fingerprint density at radius 2 is 2.22 bits per heavy atom. The van der Waals surface area contributed by atoms with Crippen LogP contribution in [0.1, 0.15) is 10.4 Å². The van der Waals surface area contributed by atoms with Crippen LogP contribution in [0.25, 0.3) is 0 Å². The zero-order valence-corrected chi connectivity index (χ0v) is 6.80. The third kappa shape index (κ3) is 1.83. The highest BCUT2D eigenvalue weighted by atomic mass is 35.5. The van der Waals surface area contributed by atoms with E-state index in [1.165, 1.54) is 11.3 Å². The zero-order chi connectivity index (χ0) is 6.85. The highest BCUT2D eigenvalue weighted by molar-refractivity contribution is 7.16. The van der Waals surface area contributed by atoms with Gasteiger partial charge in [-0.05, 0) is 12.1 Å². The molecule has 50 valence electrons. The maximum atomic E-state index is 5.61. The molecule has 9 heavy (non-hydrogen) atoms. The molecule has 0 bridgehead atoms. The molecule has 0 aliphatic rings. The van der Waals surface area contributed by atoms with Crippen molar-refractivity contribution in [3.8, 4) is 0 Å². The number of thiophene rings is 1. The Bertz CT molecular complexity index is 197. The minimum Gasteiger partial charge on any atom is -0.311 e. The number of rotatable bonds is 1. The van der Waals surface area contributed by atoms with E-state index in [2.05, 4.69) is 0 Å². The Labute approximate surface area is 67.4 Å². The number of halogens is 2. The molecule has 1 heterocycles. The minimum atomic E-state index is -0.414. The summed E-state index contributed by atoms with van der Waals surface area (Å²) >= 11 is 12.6. The van der Waals surface area contributed by atoms with Crippen LogP contribution in [0.15, 0.2) is 12.1 Å². The topological polar surface area (TPSA) is 26.0 Å². The van der Waals surface area contributed by atoms with Gasteiger partial charge >= 0.3 is 0 Å². The molecule has 0 saturated heterocycles. The van der Waals surface area contributed by atoms with Crippen LogP contribution >= 0.6 is 34.5 Å². The second-order valence-corrected chi connectivity index (χ2v) is 3.76. The first-order valence-corrected chi connectivity index (χ1v) is 3.98. The molecule has 2 N–H and O–H groups in total. The summed E-state index contributed by atoms with van der Waals surface area (Å²) in [5.41, 5.74) is 4.93. The van der Waals surface area contributed by atoms with Gasteiger partial charge in [-0.1, -0.05) is 23.2 Å². The molecular formula is C5H5Cl2NS. The van der Waals surface area contributed by atoms with Gasteiger partial charge in [-0.25, -0.2) is 0 Å². The predicted molar refractivity (Wildman–Crippen MR) is 42.1 cm³/mol. The van der Waals surface area contributed by atoms with Crippen LogP contribution < -0.4 is 5.73 Å². The van der Waals surface area contributed by atoms with E-state index < -0.39 is 5.50 Å². The number of nitrogens with two attached hydrogens (primary N) is 1. The number of hydrogen-bond donors (Lipinski definition) is 1. The minimum absolute atomic E-state index is 0.414. The average Bonchev–Trinajstić information content (AvgIpc) is 2.14. The van der Waals surface area contributed by atoms with Crippen LogP contribution in [0.3, 0.4) is 0 Å². The summed E-state index contributed by atoms with van der Waals surface area (Å²) in [5.74, 6) is 0. The lowest BCUT2D eigenvalue weighted by atomic mass is 10.5. The summed E-state index contributed by atoms with van der Waals surface area (Å²) in [6, 6.07) is 3.61. The Morgan fingerprint density at radius 3 is 2.44 bits per heavy atom. The van der Waals surface area contributed by atoms with Gasteiger partial charge in [0.05, 0.1) is 4.34 Å². The molecule has 0 aromatic carbocycles. The van der Waals surface area contributed by atoms with Gasteiger partial charge in [0.25, 0.3) is 0 Å². The van der Waals surface area contributed by atoms with E-state index in [-0.39, 0.29) is 0 Å². The van der Waals surface area contributed by atoms with Gasteiger partial charge < -0.3 is 5.73 Å². The van der Waals surface area contributed by atoms with Crippen molar-refractivity contribution < 1.29 is 0 Å². The van der Waals surface area contributed by atoms with Crippen molar-refractivity contribution in [1.29, 1.82) is 0 Å². The van der Waals surface area contributed by atoms with Crippen LogP contribution in [-0.4, -0.2) is 0 Å². The van der Waals surface area contributed by atoms with E-state index in [0.717, 1.165) is 9.21 Å². The van der Waals surface area contributed by atoms with E-state index in [1.807, 2.05) is 6.07 Å². The Morgan fingerprint density at radius 1 is 1.56 bits per heavy atom. The van der Waals surface area contributed by atoms with E-state index in [9.17, 15) is 0 Å². The number of hydrogen-bond acceptors (Lipinski definition) is 2. The normalized spacial score (nSPS) is 13.7. The highest BCUT2D eigenvalue weighted by Crippen LogP contribution is 2.27. The van der Waals surface area contributed by atoms with Crippen LogP contribution in [-0.2, 0) is 0 Å². The van der Waals surface area contributed by atoms with Crippen molar-refractivity contribution >= 4 is 34.5 Å². The summed E-state index contributed by atoms with van der Waals surface area (Å²) in [6.07, 6.45) is 0. The molecule has 0 spiro atoms. The molecule has 0 aliphatic heterocycles. The molecule has 0 saturated carbocycles. The molecule has 0 fully saturated rings. The van der Waals surface area contributed by atoms with Crippen molar-refractivity contribution in [2.75, 3.05) is 0 Å². The molecule has 0 radical (unpaired) electrons. The van der Waals surface area contributed by atoms with Crippen molar-refractivity contribution in [1.82, 2.24) is 0 Å². The van der Waals surface area contributed by atoms with Crippen LogP contribution in [0.4, 0.5) is 0 Å². The average molecular weight is 182 g/mol. The molecular weight excluding hydrogens is 177 g/mol. The van der Waals surface area contributed by atoms with Gasteiger partial charge in [-0.2, -0.15) is 0 Å². The second-order valence-electron chi connectivity index (χ2n) is 1.54. The molecule has 1 unspecified atom stereocenters. The summed E-state index contributed by atoms with van der Waals surface area (Å²) in [5, 5.41) is 0. The zero-order valence-electron chi connectivity index (χ0n) is 4.47. The van der Waals surface area contributed by atoms with Crippen molar-refractivity contribution in [2.24, 2.45) is 5.73 Å². The monoisotopic (exact) mass is 181 g/mol. The van der Waals surface area contributed by atoms with Crippen molar-refractivity contribution in [2.45, 2.75) is 5.50 Å². The highest BCUT2D eigenvalue weighted by Gasteiger charge is 2.02. The standard InChI is InChI=1S/C5H5Cl2NS/c6-4-2-1-3(9-4)5(7)8/h1-2,5H,8H2. The van der Waals surface area contributed by atoms with Crippen LogP contribution in [0.2, 0.25) is 4.34 Å². The lowest BCUT2D eigenvalue weighted by molar-refractivity contribution is 1.05. The smallest absolute Gasteiger partial charge is 0.115 e. The maximum Gasteiger partial charge on any atom is 0.115 e. The fraction of sp³-hybridized carbons (Fsp3) is 0.200. The lowest BCUT2D eigenvalue weighted by Gasteiger charge is -1.93. The predicted octanol–water partition coefficient (Wildman–Crippen LogP) is 2.60. The Balaban J connectivity index is 2.85. The molecule has 0 aliphatic carbocycles. The SMILES string of the molecule is NC(Cl)c1ccc(Cl)s1. The van der Waals surface area contributed by atoms with Gasteiger partial charge in [-0.3, -0.25) is 0 Å². The first-order chi connectivity index (χ1) is 4.20. The van der Waals surface area contributed by atoms with Gasteiger partial charge in [0.15, 0.2) is 0 Å². The van der Waals surface area contributed by atoms with Crippen molar-refractivity contribution in [3.05, 3.63) is 21.3 Å². The van der Waals surface area contributed by atoms with Crippen LogP contribution in [0.5, 0.6) is 0 Å². The Kier molecular flexibility index (Phi) is 2.35. The summed E-state index contributed by atoms with van der Waals surface area (Å²) in [4.78, 5) is 0.904. The lowest BCUT2D eigenvalue weighted by Crippen LogP contribution is -1.98. The number of alkyl halides is 1. The van der Waals surface area contributed by atoms with Gasteiger partial charge in [0, 0.05) is 4.88 Å². The fourth-order valence-electron chi connectivity index (χ4n) is 0.476. The molecule has 1 rings (SSSR count). The molecule has 1 aromatic rings. The first-order valence-electron chi connectivity index (χ1n) is 2.35. The quantitative estimate of drug-likeness (QED) is 0.524. The first kappa shape index (κ1) is 7.35. The Hall–Kier alpha value is 0.240. The molecule has 1 nitrogen and oxygen atoms in total. The largest absolute Gasteiger partial charge is 0.311 e. The van der Waals surface area contributed by atoms with E-state index in [1.54, 1.807) is 6.07 Å². The van der Waals surface area contributed by atoms with Crippen molar-refractivity contribution in [3.63, 3.8) is 0 Å². The van der Waals surface area contributed by atoms with Gasteiger partial charge in [0.1, 0.15) is 5.50 Å². The molecule has 1 atom stereocenters. The van der Waals surface area contributed by atoms with E-state index in [0.29, 0.717) is 0 Å². The van der Waals surface area contributed by atoms with E-state index >= 15 is 0 Å². The summed E-state index contributed by atoms with van der Waals surface area (Å²) in [7, 11) is 0. The second kappa shape index (κ2) is 2.88.